The van der Waals surface area contributed by atoms with Gasteiger partial charge in [-0.25, -0.2) is 4.98 Å². The van der Waals surface area contributed by atoms with Crippen LogP contribution < -0.4 is 4.74 Å². The van der Waals surface area contributed by atoms with E-state index in [4.69, 9.17) is 23.4 Å². The van der Waals surface area contributed by atoms with Crippen LogP contribution >= 0.6 is 0 Å². The minimum absolute atomic E-state index is 0.0700. The fourth-order valence-corrected chi connectivity index (χ4v) is 4.60. The minimum Gasteiger partial charge on any atom is -0.483 e. The lowest BCUT2D eigenvalue weighted by atomic mass is 9.87. The Labute approximate surface area is 218 Å². The van der Waals surface area contributed by atoms with Gasteiger partial charge in [0.1, 0.15) is 12.4 Å². The van der Waals surface area contributed by atoms with Crippen molar-refractivity contribution in [1.29, 1.82) is 0 Å². The number of imidazole rings is 1. The molecule has 3 nitrogen and oxygen atoms in total. The zero-order valence-corrected chi connectivity index (χ0v) is 18.3. The van der Waals surface area contributed by atoms with Crippen LogP contribution in [0.25, 0.3) is 50.1 Å². The van der Waals surface area contributed by atoms with Gasteiger partial charge in [0.25, 0.3) is 0 Å². The van der Waals surface area contributed by atoms with E-state index >= 15 is 0 Å². The molecular weight excluding hydrogens is 428 g/mol. The van der Waals surface area contributed by atoms with Gasteiger partial charge in [-0.2, -0.15) is 0 Å². The molecule has 0 spiro atoms. The molecular formula is C32H22N2O. The van der Waals surface area contributed by atoms with Crippen LogP contribution in [0.15, 0.2) is 121 Å². The maximum atomic E-state index is 8.74. The average molecular weight is 461 g/mol. The standard InChI is InChI=1S/C32H22N2O/c1-3-10-22(11-4-1)25-14-9-15-26(23-12-5-2-6-13-23)32(25)24-18-19-27-29(20-24)34-28-16-7-8-17-30(28)35-21-31(34)33-27/h1-20H,21H2/i1D,2D,3D,4D,5D,6D,10D,11D,12D,13D. The molecule has 0 N–H and O–H groups in total. The maximum Gasteiger partial charge on any atom is 0.152 e. The minimum atomic E-state index is -0.537. The average Bonchev–Trinajstić information content (AvgIpc) is 3.43. The van der Waals surface area contributed by atoms with Crippen molar-refractivity contribution in [3.63, 3.8) is 0 Å². The lowest BCUT2D eigenvalue weighted by Gasteiger charge is -2.20. The second kappa shape index (κ2) is 8.00. The van der Waals surface area contributed by atoms with Crippen LogP contribution in [0.4, 0.5) is 0 Å². The second-order valence-electron chi connectivity index (χ2n) is 8.05. The van der Waals surface area contributed by atoms with Gasteiger partial charge >= 0.3 is 0 Å². The predicted molar refractivity (Wildman–Crippen MR) is 142 cm³/mol. The van der Waals surface area contributed by atoms with E-state index in [2.05, 4.69) is 0 Å². The second-order valence-corrected chi connectivity index (χ2v) is 8.05. The Kier molecular flexibility index (Phi) is 2.78. The van der Waals surface area contributed by atoms with Gasteiger partial charge in [0.2, 0.25) is 0 Å². The van der Waals surface area contributed by atoms with Crippen molar-refractivity contribution >= 4 is 11.0 Å². The zero-order valence-electron chi connectivity index (χ0n) is 28.3. The SMILES string of the molecule is [2H]c1c([2H])c([2H])c(-c2cccc(-c3c([2H])c([2H])c([2H])c([2H])c3[2H])c2-c2ccc3nc4n(c3c2)-c2ccccc2OC4)c([2H])c1[2H]. The lowest BCUT2D eigenvalue weighted by Crippen LogP contribution is -2.12. The van der Waals surface area contributed by atoms with Gasteiger partial charge < -0.3 is 4.74 Å². The van der Waals surface area contributed by atoms with Gasteiger partial charge in [-0.1, -0.05) is 96.8 Å². The van der Waals surface area contributed by atoms with E-state index in [0.717, 1.165) is 5.69 Å². The third kappa shape index (κ3) is 3.24. The van der Waals surface area contributed by atoms with Crippen molar-refractivity contribution < 1.29 is 18.4 Å². The molecule has 1 aliphatic heterocycles. The molecule has 0 atom stereocenters. The van der Waals surface area contributed by atoms with Crippen molar-refractivity contribution in [2.24, 2.45) is 0 Å². The molecule has 0 radical (unpaired) electrons. The highest BCUT2D eigenvalue weighted by Gasteiger charge is 2.22. The number of hydrogen-bond acceptors (Lipinski definition) is 2. The van der Waals surface area contributed by atoms with Crippen molar-refractivity contribution in [3.05, 3.63) is 127 Å². The molecule has 7 rings (SSSR count). The van der Waals surface area contributed by atoms with Crippen molar-refractivity contribution in [2.75, 3.05) is 0 Å². The Morgan fingerprint density at radius 3 is 2.11 bits per heavy atom. The Balaban J connectivity index is 1.61. The molecule has 0 amide bonds. The summed E-state index contributed by atoms with van der Waals surface area (Å²) in [5, 5.41) is 0. The van der Waals surface area contributed by atoms with Crippen LogP contribution in [0.5, 0.6) is 5.75 Å². The number of para-hydroxylation sites is 2. The predicted octanol–water partition coefficient (Wildman–Crippen LogP) is 7.92. The maximum absolute atomic E-state index is 8.74. The summed E-state index contributed by atoms with van der Waals surface area (Å²) in [4.78, 5) is 4.75. The highest BCUT2D eigenvalue weighted by Crippen LogP contribution is 2.42. The number of hydrogen-bond donors (Lipinski definition) is 0. The lowest BCUT2D eigenvalue weighted by molar-refractivity contribution is 0.280. The summed E-state index contributed by atoms with van der Waals surface area (Å²) in [6, 6.07) is 12.9. The van der Waals surface area contributed by atoms with Gasteiger partial charge in [-0.15, -0.1) is 0 Å². The molecule has 1 aliphatic rings. The molecule has 35 heavy (non-hydrogen) atoms. The molecule has 0 saturated carbocycles. The van der Waals surface area contributed by atoms with E-state index in [-0.39, 0.29) is 28.9 Å². The summed E-state index contributed by atoms with van der Waals surface area (Å²) < 4.78 is 92.4. The Morgan fingerprint density at radius 1 is 0.714 bits per heavy atom. The number of nitrogens with zero attached hydrogens (tertiary/aromatic N) is 2. The molecule has 6 aromatic rings. The summed E-state index contributed by atoms with van der Waals surface area (Å²) in [6.45, 7) is 0.244. The van der Waals surface area contributed by atoms with Gasteiger partial charge in [-0.3, -0.25) is 4.57 Å². The first-order valence-electron chi connectivity index (χ1n) is 16.0. The highest BCUT2D eigenvalue weighted by atomic mass is 16.5. The van der Waals surface area contributed by atoms with E-state index in [9.17, 15) is 0 Å². The first-order chi connectivity index (χ1) is 21.5. The third-order valence-electron chi connectivity index (χ3n) is 6.08. The Hall–Kier alpha value is -4.63. The smallest absolute Gasteiger partial charge is 0.152 e. The Bertz CT molecular complexity index is 2100. The van der Waals surface area contributed by atoms with Crippen LogP contribution in [0.3, 0.4) is 0 Å². The normalized spacial score (nSPS) is 16.1. The number of benzene rings is 5. The van der Waals surface area contributed by atoms with Crippen LogP contribution in [0.1, 0.15) is 19.5 Å². The first kappa shape index (κ1) is 12.2. The number of ether oxygens (including phenoxy) is 1. The molecule has 166 valence electrons. The van der Waals surface area contributed by atoms with Crippen LogP contribution in [0, 0.1) is 0 Å². The molecule has 0 fully saturated rings. The summed E-state index contributed by atoms with van der Waals surface area (Å²) >= 11 is 0. The summed E-state index contributed by atoms with van der Waals surface area (Å²) in [5.74, 6) is 1.35. The molecule has 3 heteroatoms. The third-order valence-corrected chi connectivity index (χ3v) is 6.08. The quantitative estimate of drug-likeness (QED) is 0.268. The van der Waals surface area contributed by atoms with E-state index in [1.165, 1.54) is 0 Å². The summed E-state index contributed by atoms with van der Waals surface area (Å²) in [7, 11) is 0. The number of aromatic nitrogens is 2. The molecule has 0 bridgehead atoms. The molecule has 0 unspecified atom stereocenters. The van der Waals surface area contributed by atoms with E-state index in [1.54, 1.807) is 30.3 Å². The highest BCUT2D eigenvalue weighted by molar-refractivity contribution is 5.97. The largest absolute Gasteiger partial charge is 0.483 e. The molecule has 5 aromatic carbocycles. The summed E-state index contributed by atoms with van der Waals surface area (Å²) in [5.41, 5.74) is 3.38. The van der Waals surface area contributed by atoms with Crippen molar-refractivity contribution in [1.82, 2.24) is 9.55 Å². The van der Waals surface area contributed by atoms with Gasteiger partial charge in [-0.05, 0) is 57.6 Å². The Morgan fingerprint density at radius 2 is 1.40 bits per heavy atom. The van der Waals surface area contributed by atoms with Gasteiger partial charge in [0, 0.05) is 0 Å². The van der Waals surface area contributed by atoms with E-state index in [1.807, 2.05) is 34.9 Å². The van der Waals surface area contributed by atoms with E-state index in [0.29, 0.717) is 33.7 Å². The first-order valence-corrected chi connectivity index (χ1v) is 11.0. The summed E-state index contributed by atoms with van der Waals surface area (Å²) in [6.07, 6.45) is 0. The van der Waals surface area contributed by atoms with Crippen LogP contribution in [0.2, 0.25) is 0 Å². The monoisotopic (exact) mass is 460 g/mol. The number of rotatable bonds is 3. The fourth-order valence-electron chi connectivity index (χ4n) is 4.60. The van der Waals surface area contributed by atoms with Crippen molar-refractivity contribution in [2.45, 2.75) is 6.61 Å². The topological polar surface area (TPSA) is 27.1 Å². The number of fused-ring (bicyclic) bond motifs is 5. The van der Waals surface area contributed by atoms with E-state index < -0.39 is 60.4 Å². The fraction of sp³-hybridized carbons (Fsp3) is 0.0312. The van der Waals surface area contributed by atoms with Crippen LogP contribution in [-0.4, -0.2) is 9.55 Å². The molecule has 1 aromatic heterocycles. The van der Waals surface area contributed by atoms with Gasteiger partial charge in [0.05, 0.1) is 30.4 Å². The van der Waals surface area contributed by atoms with Crippen molar-refractivity contribution in [3.8, 4) is 44.8 Å². The molecule has 0 saturated heterocycles. The molecule has 2 heterocycles. The van der Waals surface area contributed by atoms with Crippen LogP contribution in [-0.2, 0) is 6.61 Å². The van der Waals surface area contributed by atoms with Gasteiger partial charge in [0.15, 0.2) is 5.82 Å². The molecule has 0 aliphatic carbocycles. The zero-order chi connectivity index (χ0) is 31.9.